The molecule has 5 heteroatoms. The summed E-state index contributed by atoms with van der Waals surface area (Å²) in [5.74, 6) is 2.68. The van der Waals surface area contributed by atoms with Crippen LogP contribution in [-0.2, 0) is 15.4 Å². The molecule has 1 aromatic rings. The van der Waals surface area contributed by atoms with Crippen LogP contribution in [0.1, 0.15) is 62.4 Å². The number of hydrogen-bond donors (Lipinski definition) is 0. The Morgan fingerprint density at radius 2 is 1.59 bits per heavy atom. The van der Waals surface area contributed by atoms with Gasteiger partial charge in [-0.05, 0) is 82.5 Å². The molecule has 1 aromatic heterocycles. The maximum absolute atomic E-state index is 12.3. The summed E-state index contributed by atoms with van der Waals surface area (Å²) < 4.78 is 25.9. The Labute approximate surface area is 133 Å². The van der Waals surface area contributed by atoms with Gasteiger partial charge in [0.1, 0.15) is 0 Å². The van der Waals surface area contributed by atoms with Crippen LogP contribution in [0.15, 0.2) is 0 Å². The van der Waals surface area contributed by atoms with E-state index in [4.69, 9.17) is 0 Å². The molecule has 4 aliphatic rings. The van der Waals surface area contributed by atoms with Gasteiger partial charge in [-0.2, -0.15) is 9.19 Å². The third-order valence-electron chi connectivity index (χ3n) is 6.45. The fourth-order valence-electron chi connectivity index (χ4n) is 6.20. The van der Waals surface area contributed by atoms with Crippen LogP contribution in [0.2, 0.25) is 0 Å². The summed E-state index contributed by atoms with van der Waals surface area (Å²) in [6, 6.07) is 0. The minimum absolute atomic E-state index is 0.106. The summed E-state index contributed by atoms with van der Waals surface area (Å²) in [6.45, 7) is 5.65. The highest BCUT2D eigenvalue weighted by Crippen LogP contribution is 2.61. The lowest BCUT2D eigenvalue weighted by Gasteiger charge is -2.57. The first-order valence-electron chi connectivity index (χ1n) is 8.64. The molecule has 0 saturated heterocycles. The van der Waals surface area contributed by atoms with Gasteiger partial charge in [0.15, 0.2) is 0 Å². The summed E-state index contributed by atoms with van der Waals surface area (Å²) in [7, 11) is -3.30. The van der Waals surface area contributed by atoms with Gasteiger partial charge in [-0.1, -0.05) is 0 Å². The van der Waals surface area contributed by atoms with Crippen molar-refractivity contribution in [2.45, 2.75) is 64.7 Å². The number of aromatic nitrogens is 2. The van der Waals surface area contributed by atoms with E-state index in [-0.39, 0.29) is 11.2 Å². The minimum Gasteiger partial charge on any atom is -0.205 e. The van der Waals surface area contributed by atoms with E-state index in [1.54, 1.807) is 6.92 Å². The zero-order chi connectivity index (χ0) is 15.7. The van der Waals surface area contributed by atoms with E-state index >= 15 is 0 Å². The number of nitrogens with zero attached hydrogens (tertiary/aromatic N) is 2. The number of hydrogen-bond acceptors (Lipinski definition) is 3. The summed E-state index contributed by atoms with van der Waals surface area (Å²) in [4.78, 5) is 0. The van der Waals surface area contributed by atoms with E-state index in [0.29, 0.717) is 0 Å². The molecule has 0 atom stereocenters. The second kappa shape index (κ2) is 4.59. The largest absolute Gasteiger partial charge is 0.253 e. The Kier molecular flexibility index (Phi) is 3.07. The average molecular weight is 322 g/mol. The van der Waals surface area contributed by atoms with Gasteiger partial charge in [-0.25, -0.2) is 8.42 Å². The molecule has 5 rings (SSSR count). The van der Waals surface area contributed by atoms with Gasteiger partial charge in [0.2, 0.25) is 0 Å². The molecule has 0 aliphatic heterocycles. The van der Waals surface area contributed by atoms with E-state index < -0.39 is 10.0 Å². The van der Waals surface area contributed by atoms with Crippen molar-refractivity contribution < 1.29 is 8.42 Å². The Balaban J connectivity index is 1.84. The van der Waals surface area contributed by atoms with E-state index in [1.165, 1.54) is 48.2 Å². The molecule has 1 heterocycles. The fourth-order valence-corrected chi connectivity index (χ4v) is 7.20. The average Bonchev–Trinajstić information content (AvgIpc) is 2.73. The zero-order valence-electron chi connectivity index (χ0n) is 13.8. The normalized spacial score (nSPS) is 37.0. The van der Waals surface area contributed by atoms with Crippen LogP contribution in [0.4, 0.5) is 0 Å². The Bertz CT molecular complexity index is 682. The third-order valence-corrected chi connectivity index (χ3v) is 8.06. The van der Waals surface area contributed by atoms with E-state index in [9.17, 15) is 8.42 Å². The second-order valence-corrected chi connectivity index (χ2v) is 10.1. The first-order valence-corrected chi connectivity index (χ1v) is 10.3. The molecule has 0 spiro atoms. The van der Waals surface area contributed by atoms with Crippen molar-refractivity contribution in [2.24, 2.45) is 17.8 Å². The molecule has 4 bridgehead atoms. The van der Waals surface area contributed by atoms with Crippen molar-refractivity contribution in [3.05, 3.63) is 17.0 Å². The lowest BCUT2D eigenvalue weighted by molar-refractivity contribution is -0.00574. The molecule has 122 valence electrons. The van der Waals surface area contributed by atoms with Gasteiger partial charge < -0.3 is 0 Å². The molecule has 0 amide bonds. The molecule has 0 N–H and O–H groups in total. The highest BCUT2D eigenvalue weighted by Gasteiger charge is 2.53. The monoisotopic (exact) mass is 322 g/mol. The number of rotatable bonds is 3. The molecule has 4 aliphatic carbocycles. The smallest absolute Gasteiger partial charge is 0.205 e. The fraction of sp³-hybridized carbons (Fsp3) is 0.824. The lowest BCUT2D eigenvalue weighted by Crippen LogP contribution is -2.49. The van der Waals surface area contributed by atoms with Crippen molar-refractivity contribution in [3.8, 4) is 0 Å². The van der Waals surface area contributed by atoms with Gasteiger partial charge in [-0.3, -0.25) is 0 Å². The van der Waals surface area contributed by atoms with Crippen LogP contribution in [0.25, 0.3) is 0 Å². The molecule has 0 radical (unpaired) electrons. The predicted molar refractivity (Wildman–Crippen MR) is 86.4 cm³/mol. The Hall–Kier alpha value is -0.840. The van der Waals surface area contributed by atoms with Crippen molar-refractivity contribution in [2.75, 3.05) is 5.75 Å². The second-order valence-electron chi connectivity index (χ2n) is 7.99. The van der Waals surface area contributed by atoms with E-state index in [2.05, 4.69) is 5.10 Å². The molecule has 4 nitrogen and oxygen atoms in total. The molecular formula is C17H26N2O2S. The minimum atomic E-state index is -3.30. The van der Waals surface area contributed by atoms with E-state index in [1.807, 2.05) is 13.8 Å². The quantitative estimate of drug-likeness (QED) is 0.859. The molecule has 4 fully saturated rings. The van der Waals surface area contributed by atoms with Crippen LogP contribution < -0.4 is 0 Å². The Morgan fingerprint density at radius 3 is 2.05 bits per heavy atom. The highest BCUT2D eigenvalue weighted by molar-refractivity contribution is 7.89. The van der Waals surface area contributed by atoms with Crippen molar-refractivity contribution in [1.82, 2.24) is 9.19 Å². The summed E-state index contributed by atoms with van der Waals surface area (Å²) in [5.41, 5.74) is 3.30. The lowest BCUT2D eigenvalue weighted by atomic mass is 9.48. The van der Waals surface area contributed by atoms with Crippen LogP contribution >= 0.6 is 0 Å². The van der Waals surface area contributed by atoms with Gasteiger partial charge in [-0.15, -0.1) is 0 Å². The molecule has 4 saturated carbocycles. The molecule has 0 unspecified atom stereocenters. The van der Waals surface area contributed by atoms with Gasteiger partial charge in [0, 0.05) is 5.56 Å². The molecular weight excluding hydrogens is 296 g/mol. The Morgan fingerprint density at radius 1 is 1.09 bits per heavy atom. The SMILES string of the molecule is CCS(=O)(=O)n1nc(C)c(C23CC4CC(CC(C4)C2)C3)c1C. The van der Waals surface area contributed by atoms with Crippen molar-refractivity contribution >= 4 is 10.0 Å². The van der Waals surface area contributed by atoms with Crippen LogP contribution in [-0.4, -0.2) is 23.4 Å². The van der Waals surface area contributed by atoms with Crippen LogP contribution in [0.5, 0.6) is 0 Å². The molecule has 0 aromatic carbocycles. The zero-order valence-corrected chi connectivity index (χ0v) is 14.6. The standard InChI is InChI=1S/C17H26N2O2S/c1-4-22(20,21)19-12(3)16(11(2)18-19)17-8-13-5-14(9-17)7-15(6-13)10-17/h13-15H,4-10H2,1-3H3. The van der Waals surface area contributed by atoms with Crippen LogP contribution in [0, 0.1) is 31.6 Å². The summed E-state index contributed by atoms with van der Waals surface area (Å²) in [6.07, 6.45) is 7.95. The summed E-state index contributed by atoms with van der Waals surface area (Å²) in [5, 5.41) is 4.44. The van der Waals surface area contributed by atoms with Gasteiger partial charge in [0.05, 0.1) is 17.1 Å². The van der Waals surface area contributed by atoms with Gasteiger partial charge in [0.25, 0.3) is 10.0 Å². The van der Waals surface area contributed by atoms with Crippen LogP contribution in [0.3, 0.4) is 0 Å². The topological polar surface area (TPSA) is 52.0 Å². The van der Waals surface area contributed by atoms with E-state index in [0.717, 1.165) is 29.1 Å². The van der Waals surface area contributed by atoms with Crippen molar-refractivity contribution in [1.29, 1.82) is 0 Å². The summed E-state index contributed by atoms with van der Waals surface area (Å²) >= 11 is 0. The predicted octanol–water partition coefficient (Wildman–Crippen LogP) is 3.17. The first-order chi connectivity index (χ1) is 10.3. The third kappa shape index (κ3) is 1.93. The number of aryl methyl sites for hydroxylation is 1. The first kappa shape index (κ1) is 14.7. The van der Waals surface area contributed by atoms with Crippen molar-refractivity contribution in [3.63, 3.8) is 0 Å². The highest BCUT2D eigenvalue weighted by atomic mass is 32.2. The maximum Gasteiger partial charge on any atom is 0.253 e. The maximum atomic E-state index is 12.3. The van der Waals surface area contributed by atoms with Gasteiger partial charge >= 0.3 is 0 Å². The molecule has 22 heavy (non-hydrogen) atoms.